The van der Waals surface area contributed by atoms with Crippen LogP contribution in [0, 0.1) is 0 Å². The van der Waals surface area contributed by atoms with Crippen molar-refractivity contribution in [2.24, 2.45) is 0 Å². The Morgan fingerprint density at radius 2 is 2.09 bits per heavy atom. The number of carbonyl (C=O) groups is 1. The Hall–Kier alpha value is -2.97. The molecular formula is C24H25N5O2S. The van der Waals surface area contributed by atoms with Crippen molar-refractivity contribution in [2.75, 3.05) is 0 Å². The molecule has 164 valence electrons. The molecule has 1 aromatic carbocycles. The molecule has 7 nitrogen and oxygen atoms in total. The third-order valence-electron chi connectivity index (χ3n) is 6.64. The number of nitrogens with one attached hydrogen (secondary N) is 2. The Morgan fingerprint density at radius 1 is 1.25 bits per heavy atom. The standard InChI is InChI=1S/C24H25N5O2S/c1-14(30)26-16-10-18-5-6-19(11-16)29(18)13-17-9-15-4-7-20(12-21(15)27-17)31-24-28-23-22(32-24)3-2-8-25-23/h2-4,7-9,12,16,18-19,27H,5-6,10-11,13H2,1H3,(H,26,30). The third-order valence-corrected chi connectivity index (χ3v) is 7.53. The molecule has 2 unspecified atom stereocenters. The van der Waals surface area contributed by atoms with Gasteiger partial charge in [0, 0.05) is 55.1 Å². The summed E-state index contributed by atoms with van der Waals surface area (Å²) < 4.78 is 7.04. The van der Waals surface area contributed by atoms with E-state index in [1.165, 1.54) is 35.3 Å². The van der Waals surface area contributed by atoms with Crippen molar-refractivity contribution in [2.45, 2.75) is 57.3 Å². The summed E-state index contributed by atoms with van der Waals surface area (Å²) in [4.78, 5) is 26.4. The van der Waals surface area contributed by atoms with Crippen LogP contribution < -0.4 is 10.1 Å². The lowest BCUT2D eigenvalue weighted by atomic mass is 9.97. The molecule has 2 N–H and O–H groups in total. The second kappa shape index (κ2) is 7.86. The van der Waals surface area contributed by atoms with E-state index in [1.807, 2.05) is 24.3 Å². The highest BCUT2D eigenvalue weighted by Gasteiger charge is 2.40. The zero-order valence-corrected chi connectivity index (χ0v) is 18.7. The number of hydrogen-bond acceptors (Lipinski definition) is 6. The van der Waals surface area contributed by atoms with Gasteiger partial charge in [-0.25, -0.2) is 4.98 Å². The Bertz CT molecular complexity index is 1250. The lowest BCUT2D eigenvalue weighted by molar-refractivity contribution is -0.120. The SMILES string of the molecule is CC(=O)NC1CC2CCC(C1)N2Cc1cc2ccc(Oc3nc4ncccc4s3)cc2[nH]1. The fourth-order valence-corrected chi connectivity index (χ4v) is 6.14. The van der Waals surface area contributed by atoms with Crippen LogP contribution in [0.4, 0.5) is 0 Å². The normalized spacial score (nSPS) is 23.1. The zero-order chi connectivity index (χ0) is 21.7. The van der Waals surface area contributed by atoms with E-state index in [0.29, 0.717) is 29.0 Å². The molecule has 0 spiro atoms. The van der Waals surface area contributed by atoms with Crippen LogP contribution in [0.3, 0.4) is 0 Å². The summed E-state index contributed by atoms with van der Waals surface area (Å²) in [5.74, 6) is 0.847. The second-order valence-corrected chi connectivity index (χ2v) is 9.87. The van der Waals surface area contributed by atoms with Gasteiger partial charge in [0.05, 0.1) is 4.70 Å². The van der Waals surface area contributed by atoms with Gasteiger partial charge in [0.2, 0.25) is 5.91 Å². The van der Waals surface area contributed by atoms with Gasteiger partial charge < -0.3 is 15.0 Å². The van der Waals surface area contributed by atoms with E-state index in [9.17, 15) is 4.79 Å². The summed E-state index contributed by atoms with van der Waals surface area (Å²) in [7, 11) is 0. The summed E-state index contributed by atoms with van der Waals surface area (Å²) in [6.07, 6.45) is 6.27. The van der Waals surface area contributed by atoms with Gasteiger partial charge in [-0.1, -0.05) is 11.3 Å². The fraction of sp³-hybridized carbons (Fsp3) is 0.375. The van der Waals surface area contributed by atoms with E-state index in [1.54, 1.807) is 13.1 Å². The second-order valence-electron chi connectivity index (χ2n) is 8.88. The van der Waals surface area contributed by atoms with Gasteiger partial charge in [-0.2, -0.15) is 4.98 Å². The monoisotopic (exact) mass is 447 g/mol. The van der Waals surface area contributed by atoms with Gasteiger partial charge in [-0.3, -0.25) is 9.69 Å². The van der Waals surface area contributed by atoms with Crippen molar-refractivity contribution in [3.63, 3.8) is 0 Å². The first-order valence-corrected chi connectivity index (χ1v) is 12.0. The number of benzene rings is 1. The largest absolute Gasteiger partial charge is 0.431 e. The van der Waals surface area contributed by atoms with Crippen LogP contribution in [0.2, 0.25) is 0 Å². The highest BCUT2D eigenvalue weighted by Crippen LogP contribution is 2.37. The third kappa shape index (κ3) is 3.73. The molecule has 0 radical (unpaired) electrons. The number of rotatable bonds is 5. The van der Waals surface area contributed by atoms with E-state index in [2.05, 4.69) is 37.3 Å². The van der Waals surface area contributed by atoms with Crippen LogP contribution in [0.5, 0.6) is 10.9 Å². The predicted octanol–water partition coefficient (Wildman–Crippen LogP) is 4.60. The number of fused-ring (bicyclic) bond motifs is 4. The number of pyridine rings is 1. The zero-order valence-electron chi connectivity index (χ0n) is 17.9. The lowest BCUT2D eigenvalue weighted by Crippen LogP contribution is -2.49. The van der Waals surface area contributed by atoms with Gasteiger partial charge in [-0.05, 0) is 61.4 Å². The Labute approximate surface area is 189 Å². The number of hydrogen-bond donors (Lipinski definition) is 2. The van der Waals surface area contributed by atoms with Crippen molar-refractivity contribution >= 4 is 38.5 Å². The van der Waals surface area contributed by atoms with Crippen LogP contribution in [0.15, 0.2) is 42.6 Å². The average Bonchev–Trinajstić information content (AvgIpc) is 3.41. The topological polar surface area (TPSA) is 83.1 Å². The van der Waals surface area contributed by atoms with E-state index in [0.717, 1.165) is 35.4 Å². The number of carbonyl (C=O) groups excluding carboxylic acids is 1. The molecule has 32 heavy (non-hydrogen) atoms. The molecule has 2 fully saturated rings. The minimum absolute atomic E-state index is 0.0820. The van der Waals surface area contributed by atoms with Gasteiger partial charge in [0.15, 0.2) is 5.65 Å². The van der Waals surface area contributed by atoms with Crippen molar-refractivity contribution < 1.29 is 9.53 Å². The van der Waals surface area contributed by atoms with Gasteiger partial charge in [-0.15, -0.1) is 0 Å². The first-order valence-electron chi connectivity index (χ1n) is 11.1. The summed E-state index contributed by atoms with van der Waals surface area (Å²) in [5, 5.41) is 4.91. The number of nitrogens with zero attached hydrogens (tertiary/aromatic N) is 3. The molecular weight excluding hydrogens is 422 g/mol. The molecule has 8 heteroatoms. The van der Waals surface area contributed by atoms with Gasteiger partial charge >= 0.3 is 0 Å². The molecule has 2 aliphatic heterocycles. The lowest BCUT2D eigenvalue weighted by Gasteiger charge is -2.38. The quantitative estimate of drug-likeness (QED) is 0.467. The minimum atomic E-state index is 0.0820. The van der Waals surface area contributed by atoms with E-state index >= 15 is 0 Å². The maximum absolute atomic E-state index is 11.5. The number of thiazole rings is 1. The molecule has 2 aliphatic rings. The maximum atomic E-state index is 11.5. The van der Waals surface area contributed by atoms with Gasteiger partial charge in [0.25, 0.3) is 5.19 Å². The number of H-pyrrole nitrogens is 1. The molecule has 2 saturated heterocycles. The van der Waals surface area contributed by atoms with Crippen LogP contribution >= 0.6 is 11.3 Å². The molecule has 5 heterocycles. The maximum Gasteiger partial charge on any atom is 0.281 e. The molecule has 6 rings (SSSR count). The highest BCUT2D eigenvalue weighted by atomic mass is 32.1. The number of ether oxygens (including phenoxy) is 1. The molecule has 1 amide bonds. The van der Waals surface area contributed by atoms with E-state index in [-0.39, 0.29) is 5.91 Å². The van der Waals surface area contributed by atoms with Crippen molar-refractivity contribution in [1.82, 2.24) is 25.2 Å². The fourth-order valence-electron chi connectivity index (χ4n) is 5.34. The average molecular weight is 448 g/mol. The molecule has 0 aliphatic carbocycles. The molecule has 3 aromatic heterocycles. The van der Waals surface area contributed by atoms with Crippen molar-refractivity contribution in [1.29, 1.82) is 0 Å². The van der Waals surface area contributed by atoms with E-state index < -0.39 is 0 Å². The number of piperidine rings is 1. The summed E-state index contributed by atoms with van der Waals surface area (Å²) in [5.41, 5.74) is 3.00. The van der Waals surface area contributed by atoms with Crippen molar-refractivity contribution in [3.05, 3.63) is 48.3 Å². The minimum Gasteiger partial charge on any atom is -0.431 e. The first-order chi connectivity index (χ1) is 15.6. The molecule has 2 bridgehead atoms. The Kier molecular flexibility index (Phi) is 4.84. The van der Waals surface area contributed by atoms with Crippen LogP contribution in [-0.2, 0) is 11.3 Å². The summed E-state index contributed by atoms with van der Waals surface area (Å²) >= 11 is 1.50. The number of amides is 1. The number of aromatic amines is 1. The van der Waals surface area contributed by atoms with Gasteiger partial charge in [0.1, 0.15) is 5.75 Å². The molecule has 0 saturated carbocycles. The van der Waals surface area contributed by atoms with E-state index in [4.69, 9.17) is 4.74 Å². The van der Waals surface area contributed by atoms with Crippen molar-refractivity contribution in [3.8, 4) is 10.9 Å². The number of aromatic nitrogens is 3. The molecule has 4 aromatic rings. The first kappa shape index (κ1) is 19.7. The smallest absolute Gasteiger partial charge is 0.281 e. The molecule has 2 atom stereocenters. The predicted molar refractivity (Wildman–Crippen MR) is 125 cm³/mol. The Balaban J connectivity index is 1.17. The van der Waals surface area contributed by atoms with Crippen LogP contribution in [-0.4, -0.2) is 43.9 Å². The van der Waals surface area contributed by atoms with Crippen LogP contribution in [0.25, 0.3) is 21.3 Å². The summed E-state index contributed by atoms with van der Waals surface area (Å²) in [6.45, 7) is 2.53. The summed E-state index contributed by atoms with van der Waals surface area (Å²) in [6, 6.07) is 13.7. The van der Waals surface area contributed by atoms with Crippen LogP contribution in [0.1, 0.15) is 38.3 Å². The Morgan fingerprint density at radius 3 is 2.88 bits per heavy atom. The highest BCUT2D eigenvalue weighted by molar-refractivity contribution is 7.20.